The third kappa shape index (κ3) is 4.41. The molecule has 0 spiro atoms. The summed E-state index contributed by atoms with van der Waals surface area (Å²) in [5.41, 5.74) is 1.26. The molecule has 102 valence electrons. The van der Waals surface area contributed by atoms with Crippen molar-refractivity contribution >= 4 is 27.3 Å². The minimum Gasteiger partial charge on any atom is -0.309 e. The van der Waals surface area contributed by atoms with Gasteiger partial charge in [0.25, 0.3) is 0 Å². The average Bonchev–Trinajstić information content (AvgIpc) is 2.81. The molecule has 0 aliphatic carbocycles. The van der Waals surface area contributed by atoms with Gasteiger partial charge in [0.1, 0.15) is 0 Å². The molecule has 0 saturated heterocycles. The van der Waals surface area contributed by atoms with Gasteiger partial charge in [0.15, 0.2) is 0 Å². The second-order valence-electron chi connectivity index (χ2n) is 4.67. The zero-order chi connectivity index (χ0) is 13.7. The average molecular weight is 339 g/mol. The highest BCUT2D eigenvalue weighted by atomic mass is 79.9. The third-order valence-corrected chi connectivity index (χ3v) is 4.49. The van der Waals surface area contributed by atoms with Crippen molar-refractivity contribution in [3.8, 4) is 0 Å². The van der Waals surface area contributed by atoms with Gasteiger partial charge in [0.05, 0.1) is 0 Å². The lowest BCUT2D eigenvalue weighted by molar-refractivity contribution is 0.536. The smallest absolute Gasteiger partial charge is 0.0456 e. The van der Waals surface area contributed by atoms with Crippen LogP contribution in [0.5, 0.6) is 0 Å². The van der Waals surface area contributed by atoms with Crippen molar-refractivity contribution in [2.24, 2.45) is 0 Å². The van der Waals surface area contributed by atoms with Gasteiger partial charge in [-0.3, -0.25) is 4.98 Å². The fourth-order valence-corrected chi connectivity index (χ4v) is 3.40. The monoisotopic (exact) mass is 338 g/mol. The Morgan fingerprint density at radius 1 is 1.37 bits per heavy atom. The van der Waals surface area contributed by atoms with Crippen LogP contribution < -0.4 is 5.32 Å². The molecule has 2 aromatic rings. The molecule has 0 aliphatic rings. The minimum atomic E-state index is 0.384. The summed E-state index contributed by atoms with van der Waals surface area (Å²) in [6.07, 6.45) is 5.91. The van der Waals surface area contributed by atoms with E-state index in [1.807, 2.05) is 23.7 Å². The van der Waals surface area contributed by atoms with Gasteiger partial charge in [-0.1, -0.05) is 6.92 Å². The van der Waals surface area contributed by atoms with E-state index in [0.29, 0.717) is 6.04 Å². The maximum absolute atomic E-state index is 4.25. The van der Waals surface area contributed by atoms with Crippen molar-refractivity contribution in [3.05, 3.63) is 50.4 Å². The molecule has 2 heterocycles. The van der Waals surface area contributed by atoms with Crippen LogP contribution in [-0.2, 0) is 6.42 Å². The van der Waals surface area contributed by atoms with Gasteiger partial charge in [-0.2, -0.15) is 0 Å². The largest absolute Gasteiger partial charge is 0.309 e. The Morgan fingerprint density at radius 2 is 2.21 bits per heavy atom. The molecular weight excluding hydrogens is 320 g/mol. The maximum Gasteiger partial charge on any atom is 0.0456 e. The van der Waals surface area contributed by atoms with E-state index >= 15 is 0 Å². The summed E-state index contributed by atoms with van der Waals surface area (Å²) in [7, 11) is 0. The summed E-state index contributed by atoms with van der Waals surface area (Å²) < 4.78 is 1.04. The molecule has 1 unspecified atom stereocenters. The molecule has 0 aromatic carbocycles. The Hall–Kier alpha value is -0.710. The number of aryl methyl sites for hydroxylation is 1. The first-order chi connectivity index (χ1) is 9.19. The number of hydrogen-bond donors (Lipinski definition) is 1. The molecule has 1 atom stereocenters. The van der Waals surface area contributed by atoms with Crippen molar-refractivity contribution < 1.29 is 0 Å². The molecule has 0 saturated carbocycles. The summed E-state index contributed by atoms with van der Waals surface area (Å²) >= 11 is 5.36. The predicted molar refractivity (Wildman–Crippen MR) is 85.7 cm³/mol. The van der Waals surface area contributed by atoms with E-state index in [-0.39, 0.29) is 0 Å². The van der Waals surface area contributed by atoms with E-state index in [9.17, 15) is 0 Å². The van der Waals surface area contributed by atoms with Crippen LogP contribution >= 0.6 is 27.3 Å². The fraction of sp³-hybridized carbons (Fsp3) is 0.400. The molecule has 0 bridgehead atoms. The van der Waals surface area contributed by atoms with Crippen LogP contribution in [0.4, 0.5) is 0 Å². The number of pyridine rings is 1. The third-order valence-electron chi connectivity index (χ3n) is 2.95. The van der Waals surface area contributed by atoms with Crippen LogP contribution in [0, 0.1) is 6.92 Å². The second kappa shape index (κ2) is 7.17. The van der Waals surface area contributed by atoms with Crippen molar-refractivity contribution in [1.29, 1.82) is 0 Å². The summed E-state index contributed by atoms with van der Waals surface area (Å²) in [6.45, 7) is 5.40. The van der Waals surface area contributed by atoms with E-state index < -0.39 is 0 Å². The SMILES string of the molecule is CCCNC(Cc1cncc(Br)c1)c1ccc(C)s1. The molecule has 1 N–H and O–H groups in total. The molecular formula is C15H19BrN2S. The zero-order valence-corrected chi connectivity index (χ0v) is 13.7. The summed E-state index contributed by atoms with van der Waals surface area (Å²) in [5.74, 6) is 0. The lowest BCUT2D eigenvalue weighted by atomic mass is 10.1. The lowest BCUT2D eigenvalue weighted by Crippen LogP contribution is -2.23. The first-order valence-corrected chi connectivity index (χ1v) is 8.19. The van der Waals surface area contributed by atoms with Crippen LogP contribution in [0.15, 0.2) is 35.1 Å². The predicted octanol–water partition coefficient (Wildman–Crippen LogP) is 4.50. The first-order valence-electron chi connectivity index (χ1n) is 6.58. The Kier molecular flexibility index (Phi) is 5.55. The van der Waals surface area contributed by atoms with Gasteiger partial charge >= 0.3 is 0 Å². The van der Waals surface area contributed by atoms with Crippen LogP contribution in [0.3, 0.4) is 0 Å². The Bertz CT molecular complexity index is 524. The van der Waals surface area contributed by atoms with E-state index in [4.69, 9.17) is 0 Å². The van der Waals surface area contributed by atoms with Gasteiger partial charge in [0.2, 0.25) is 0 Å². The second-order valence-corrected chi connectivity index (χ2v) is 6.91. The Morgan fingerprint density at radius 3 is 2.84 bits per heavy atom. The highest BCUT2D eigenvalue weighted by Gasteiger charge is 2.13. The van der Waals surface area contributed by atoms with Crippen molar-refractivity contribution in [2.45, 2.75) is 32.7 Å². The van der Waals surface area contributed by atoms with E-state index in [2.05, 4.69) is 58.3 Å². The molecule has 0 aliphatic heterocycles. The lowest BCUT2D eigenvalue weighted by Gasteiger charge is -2.17. The molecule has 2 rings (SSSR count). The quantitative estimate of drug-likeness (QED) is 0.838. The number of halogens is 1. The van der Waals surface area contributed by atoms with Crippen molar-refractivity contribution in [3.63, 3.8) is 0 Å². The van der Waals surface area contributed by atoms with Crippen molar-refractivity contribution in [1.82, 2.24) is 10.3 Å². The van der Waals surface area contributed by atoms with Gasteiger partial charge < -0.3 is 5.32 Å². The standard InChI is InChI=1S/C15H19BrN2S/c1-3-6-18-14(15-5-4-11(2)19-15)8-12-7-13(16)10-17-9-12/h4-5,7,9-10,14,18H,3,6,8H2,1-2H3. The van der Waals surface area contributed by atoms with Crippen molar-refractivity contribution in [2.75, 3.05) is 6.54 Å². The number of nitrogens with one attached hydrogen (secondary N) is 1. The molecule has 0 fully saturated rings. The summed E-state index contributed by atoms with van der Waals surface area (Å²) in [5, 5.41) is 3.63. The number of thiophene rings is 1. The highest BCUT2D eigenvalue weighted by molar-refractivity contribution is 9.10. The summed E-state index contributed by atoms with van der Waals surface area (Å²) in [6, 6.07) is 6.96. The molecule has 19 heavy (non-hydrogen) atoms. The molecule has 4 heteroatoms. The number of hydrogen-bond acceptors (Lipinski definition) is 3. The number of rotatable bonds is 6. The molecule has 0 radical (unpaired) electrons. The number of aromatic nitrogens is 1. The van der Waals surface area contributed by atoms with Gasteiger partial charge in [-0.25, -0.2) is 0 Å². The van der Waals surface area contributed by atoms with Crippen LogP contribution in [0.1, 0.15) is 34.7 Å². The van der Waals surface area contributed by atoms with Crippen LogP contribution in [-0.4, -0.2) is 11.5 Å². The first kappa shape index (κ1) is 14.7. The molecule has 2 aromatic heterocycles. The fourth-order valence-electron chi connectivity index (χ4n) is 2.04. The summed E-state index contributed by atoms with van der Waals surface area (Å²) in [4.78, 5) is 7.02. The Labute approximate surface area is 127 Å². The molecule has 0 amide bonds. The van der Waals surface area contributed by atoms with E-state index in [1.165, 1.54) is 15.3 Å². The van der Waals surface area contributed by atoms with Gasteiger partial charge in [-0.05, 0) is 66.0 Å². The van der Waals surface area contributed by atoms with Gasteiger partial charge in [-0.15, -0.1) is 11.3 Å². The zero-order valence-electron chi connectivity index (χ0n) is 11.3. The maximum atomic E-state index is 4.25. The van der Waals surface area contributed by atoms with Crippen LogP contribution in [0.2, 0.25) is 0 Å². The van der Waals surface area contributed by atoms with E-state index in [0.717, 1.165) is 23.9 Å². The number of nitrogens with zero attached hydrogens (tertiary/aromatic N) is 1. The van der Waals surface area contributed by atoms with Crippen LogP contribution in [0.25, 0.3) is 0 Å². The van der Waals surface area contributed by atoms with E-state index in [1.54, 1.807) is 0 Å². The minimum absolute atomic E-state index is 0.384. The molecule has 2 nitrogen and oxygen atoms in total. The normalized spacial score (nSPS) is 12.6. The highest BCUT2D eigenvalue weighted by Crippen LogP contribution is 2.26. The van der Waals surface area contributed by atoms with Gasteiger partial charge in [0, 0.05) is 32.7 Å². The topological polar surface area (TPSA) is 24.9 Å². The Balaban J connectivity index is 2.13.